The van der Waals surface area contributed by atoms with Crippen molar-refractivity contribution in [2.45, 2.75) is 18.8 Å². The molecule has 1 aliphatic rings. The van der Waals surface area contributed by atoms with Crippen molar-refractivity contribution in [1.29, 1.82) is 5.26 Å². The van der Waals surface area contributed by atoms with Crippen molar-refractivity contribution in [3.05, 3.63) is 81.4 Å². The third-order valence-corrected chi connectivity index (χ3v) is 5.16. The van der Waals surface area contributed by atoms with Crippen molar-refractivity contribution in [2.75, 3.05) is 12.9 Å². The summed E-state index contributed by atoms with van der Waals surface area (Å²) >= 11 is 1.31. The summed E-state index contributed by atoms with van der Waals surface area (Å²) in [5.41, 5.74) is 0.489. The van der Waals surface area contributed by atoms with Crippen molar-refractivity contribution in [3.63, 3.8) is 0 Å². The zero-order valence-electron chi connectivity index (χ0n) is 17.0. The summed E-state index contributed by atoms with van der Waals surface area (Å²) in [6.07, 6.45) is 2.04. The van der Waals surface area contributed by atoms with Gasteiger partial charge in [-0.05, 0) is 30.9 Å². The molecule has 160 valence electrons. The summed E-state index contributed by atoms with van der Waals surface area (Å²) < 4.78 is 11.5. The molecule has 0 aliphatic carbocycles. The summed E-state index contributed by atoms with van der Waals surface area (Å²) in [5, 5.41) is 22.4. The average molecular weight is 439 g/mol. The van der Waals surface area contributed by atoms with Crippen LogP contribution in [0.4, 0.5) is 0 Å². The van der Waals surface area contributed by atoms with Crippen LogP contribution in [0.25, 0.3) is 0 Å². The summed E-state index contributed by atoms with van der Waals surface area (Å²) in [6.45, 7) is 2.15. The van der Waals surface area contributed by atoms with Crippen LogP contribution in [-0.2, 0) is 6.42 Å². The third-order valence-electron chi connectivity index (χ3n) is 4.40. The van der Waals surface area contributed by atoms with Crippen molar-refractivity contribution in [3.8, 4) is 17.6 Å². The fourth-order valence-electron chi connectivity index (χ4n) is 3.01. The molecule has 3 rings (SSSR count). The molecule has 0 saturated heterocycles. The van der Waals surface area contributed by atoms with E-state index in [0.717, 1.165) is 10.6 Å². The van der Waals surface area contributed by atoms with Crippen LogP contribution in [0, 0.1) is 21.4 Å². The fraction of sp³-hybridized carbons (Fsp3) is 0.238. The Morgan fingerprint density at radius 3 is 2.65 bits per heavy atom. The highest BCUT2D eigenvalue weighted by Gasteiger charge is 2.38. The maximum Gasteiger partial charge on any atom is 0.351 e. The van der Waals surface area contributed by atoms with Gasteiger partial charge in [0.1, 0.15) is 5.71 Å². The van der Waals surface area contributed by atoms with Gasteiger partial charge in [-0.15, -0.1) is 11.8 Å². The molecular formula is C21H21N5O4S. The van der Waals surface area contributed by atoms with Crippen molar-refractivity contribution in [2.24, 2.45) is 10.8 Å². The van der Waals surface area contributed by atoms with Gasteiger partial charge in [-0.1, -0.05) is 30.3 Å². The van der Waals surface area contributed by atoms with Crippen LogP contribution in [0.15, 0.2) is 65.1 Å². The van der Waals surface area contributed by atoms with Gasteiger partial charge in [-0.25, -0.2) is 15.8 Å². The zero-order chi connectivity index (χ0) is 22.4. The molecule has 31 heavy (non-hydrogen) atoms. The molecule has 0 saturated carbocycles. The number of hydrazine groups is 1. The van der Waals surface area contributed by atoms with Crippen LogP contribution in [-0.4, -0.2) is 34.0 Å². The van der Waals surface area contributed by atoms with Crippen LogP contribution in [0.2, 0.25) is 0 Å². The van der Waals surface area contributed by atoms with Gasteiger partial charge in [0.2, 0.25) is 0 Å². The highest BCUT2D eigenvalue weighted by atomic mass is 32.2. The van der Waals surface area contributed by atoms with Crippen LogP contribution in [0.1, 0.15) is 18.1 Å². The Kier molecular flexibility index (Phi) is 7.12. The summed E-state index contributed by atoms with van der Waals surface area (Å²) in [6, 6.07) is 16.0. The minimum absolute atomic E-state index is 0.159. The Bertz CT molecular complexity index is 1070. The van der Waals surface area contributed by atoms with Crippen LogP contribution in [0.3, 0.4) is 0 Å². The van der Waals surface area contributed by atoms with Gasteiger partial charge in [0, 0.05) is 12.5 Å². The molecule has 9 nitrogen and oxygen atoms in total. The number of benzene rings is 2. The molecule has 1 unspecified atom stereocenters. The lowest BCUT2D eigenvalue weighted by molar-refractivity contribution is -0.419. The van der Waals surface area contributed by atoms with E-state index < -0.39 is 10.4 Å². The number of allylic oxidation sites excluding steroid dienone is 1. The normalized spacial score (nSPS) is 15.9. The Balaban J connectivity index is 2.10. The number of thioether (sulfide) groups is 1. The Morgan fingerprint density at radius 2 is 2.03 bits per heavy atom. The SMILES string of the molecule is CCOc1ccc(C#N)cc1OC1=C([N+](=O)[O-])C(Cc2ccccc2)=NC(SC)N1N. The number of hydrogen-bond acceptors (Lipinski definition) is 9. The molecule has 0 aromatic heterocycles. The number of hydrogen-bond donors (Lipinski definition) is 1. The molecule has 10 heteroatoms. The first-order chi connectivity index (χ1) is 15.0. The zero-order valence-corrected chi connectivity index (χ0v) is 17.8. The Labute approximate surface area is 183 Å². The van der Waals surface area contributed by atoms with E-state index in [1.54, 1.807) is 25.3 Å². The summed E-state index contributed by atoms with van der Waals surface area (Å²) in [5.74, 6) is 6.51. The highest BCUT2D eigenvalue weighted by Crippen LogP contribution is 2.34. The lowest BCUT2D eigenvalue weighted by atomic mass is 10.1. The molecule has 0 amide bonds. The fourth-order valence-corrected chi connectivity index (χ4v) is 3.56. The largest absolute Gasteiger partial charge is 0.490 e. The van der Waals surface area contributed by atoms with Crippen molar-refractivity contribution in [1.82, 2.24) is 5.01 Å². The lowest BCUT2D eigenvalue weighted by Crippen LogP contribution is -2.45. The quantitative estimate of drug-likeness (QED) is 0.377. The number of rotatable bonds is 8. The lowest BCUT2D eigenvalue weighted by Gasteiger charge is -2.30. The van der Waals surface area contributed by atoms with E-state index in [0.29, 0.717) is 17.9 Å². The maximum absolute atomic E-state index is 12.0. The van der Waals surface area contributed by atoms with Gasteiger partial charge in [-0.3, -0.25) is 10.1 Å². The standard InChI is InChI=1S/C21H21N5O4S/c1-3-29-17-10-9-15(13-22)12-18(17)30-20-19(26(27)28)16(24-21(31-2)25(20)23)11-14-7-5-4-6-8-14/h4-10,12,21H,3,11,23H2,1-2H3. The third kappa shape index (κ3) is 4.96. The number of nitriles is 1. The minimum atomic E-state index is -0.618. The predicted molar refractivity (Wildman–Crippen MR) is 118 cm³/mol. The molecule has 0 bridgehead atoms. The molecule has 1 aliphatic heterocycles. The van der Waals surface area contributed by atoms with Gasteiger partial charge < -0.3 is 9.47 Å². The van der Waals surface area contributed by atoms with Crippen LogP contribution in [0.5, 0.6) is 11.5 Å². The highest BCUT2D eigenvalue weighted by molar-refractivity contribution is 7.99. The summed E-state index contributed by atoms with van der Waals surface area (Å²) in [4.78, 5) is 16.0. The molecule has 0 radical (unpaired) electrons. The topological polar surface area (TPSA) is 127 Å². The molecule has 1 atom stereocenters. The van der Waals surface area contributed by atoms with E-state index in [1.807, 2.05) is 36.4 Å². The van der Waals surface area contributed by atoms with E-state index in [-0.39, 0.29) is 29.5 Å². The van der Waals surface area contributed by atoms with Crippen molar-refractivity contribution >= 4 is 17.5 Å². The second-order valence-electron chi connectivity index (χ2n) is 6.43. The van der Waals surface area contributed by atoms with E-state index in [2.05, 4.69) is 4.99 Å². The molecular weight excluding hydrogens is 418 g/mol. The Morgan fingerprint density at radius 1 is 1.29 bits per heavy atom. The van der Waals surface area contributed by atoms with Gasteiger partial charge in [0.15, 0.2) is 17.0 Å². The minimum Gasteiger partial charge on any atom is -0.490 e. The predicted octanol–water partition coefficient (Wildman–Crippen LogP) is 3.30. The van der Waals surface area contributed by atoms with Gasteiger partial charge in [0.05, 0.1) is 23.2 Å². The second-order valence-corrected chi connectivity index (χ2v) is 7.32. The monoisotopic (exact) mass is 439 g/mol. The molecule has 0 fully saturated rings. The van der Waals surface area contributed by atoms with Crippen molar-refractivity contribution < 1.29 is 14.4 Å². The average Bonchev–Trinajstić information content (AvgIpc) is 2.77. The first-order valence-corrected chi connectivity index (χ1v) is 10.7. The van der Waals surface area contributed by atoms with E-state index in [9.17, 15) is 15.4 Å². The molecule has 1 heterocycles. The Hall–Kier alpha value is -3.55. The number of nitro groups is 1. The number of ether oxygens (including phenoxy) is 2. The van der Waals surface area contributed by atoms with E-state index in [1.165, 1.54) is 17.8 Å². The van der Waals surface area contributed by atoms with Gasteiger partial charge in [-0.2, -0.15) is 5.26 Å². The smallest absolute Gasteiger partial charge is 0.351 e. The van der Waals surface area contributed by atoms with Gasteiger partial charge in [0.25, 0.3) is 5.88 Å². The number of aliphatic imine (C=N–C) groups is 1. The number of nitrogens with two attached hydrogens (primary N) is 1. The number of nitrogens with zero attached hydrogens (tertiary/aromatic N) is 4. The van der Waals surface area contributed by atoms with E-state index in [4.69, 9.17) is 15.3 Å². The van der Waals surface area contributed by atoms with E-state index >= 15 is 0 Å². The molecule has 2 aromatic rings. The molecule has 2 N–H and O–H groups in total. The first kappa shape index (κ1) is 22.1. The molecule has 0 spiro atoms. The van der Waals surface area contributed by atoms with Crippen LogP contribution < -0.4 is 15.3 Å². The summed E-state index contributed by atoms with van der Waals surface area (Å²) in [7, 11) is 0. The molecule has 2 aromatic carbocycles. The van der Waals surface area contributed by atoms with Crippen LogP contribution >= 0.6 is 11.8 Å². The van der Waals surface area contributed by atoms with Gasteiger partial charge >= 0.3 is 5.70 Å². The maximum atomic E-state index is 12.0. The second kappa shape index (κ2) is 9.97. The first-order valence-electron chi connectivity index (χ1n) is 9.39.